The Labute approximate surface area is 139 Å². The molecule has 0 aromatic carbocycles. The van der Waals surface area contributed by atoms with Crippen LogP contribution in [0.2, 0.25) is 0 Å². The molecule has 0 atom stereocenters. The van der Waals surface area contributed by atoms with E-state index >= 15 is 0 Å². The van der Waals surface area contributed by atoms with Gasteiger partial charge in [-0.3, -0.25) is 0 Å². The second-order valence-corrected chi connectivity index (χ2v) is 7.45. The third-order valence-corrected chi connectivity index (χ3v) is 4.94. The van der Waals surface area contributed by atoms with Gasteiger partial charge in [0.25, 0.3) is 0 Å². The molecule has 1 aromatic rings. The first kappa shape index (κ1) is 17.7. The number of nitrogens with one attached hydrogen (secondary N) is 1. The molecular formula is C18H29N3O2. The number of rotatable bonds is 4. The van der Waals surface area contributed by atoms with Gasteiger partial charge >= 0.3 is 5.97 Å². The second kappa shape index (κ2) is 7.28. The molecule has 0 radical (unpaired) electrons. The average Bonchev–Trinajstić information content (AvgIpc) is 2.53. The maximum atomic E-state index is 12.1. The number of aromatic nitrogens is 2. The molecule has 128 valence electrons. The first-order valence-electron chi connectivity index (χ1n) is 8.55. The van der Waals surface area contributed by atoms with E-state index in [0.717, 1.165) is 24.5 Å². The molecule has 0 unspecified atom stereocenters. The molecule has 1 N–H and O–H groups in total. The summed E-state index contributed by atoms with van der Waals surface area (Å²) < 4.78 is 4.91. The van der Waals surface area contributed by atoms with E-state index in [1.54, 1.807) is 0 Å². The summed E-state index contributed by atoms with van der Waals surface area (Å²) in [4.78, 5) is 20.6. The zero-order valence-corrected chi connectivity index (χ0v) is 15.0. The lowest BCUT2D eigenvalue weighted by Crippen LogP contribution is -2.32. The van der Waals surface area contributed by atoms with Crippen LogP contribution < -0.4 is 5.32 Å². The van der Waals surface area contributed by atoms with Crippen LogP contribution in [0.25, 0.3) is 0 Å². The van der Waals surface area contributed by atoms with E-state index in [4.69, 9.17) is 4.74 Å². The van der Waals surface area contributed by atoms with Crippen molar-refractivity contribution in [2.24, 2.45) is 11.3 Å². The zero-order valence-electron chi connectivity index (χ0n) is 15.0. The largest absolute Gasteiger partial charge is 0.465 e. The fourth-order valence-corrected chi connectivity index (χ4v) is 3.41. The Bertz CT molecular complexity index is 544. The third kappa shape index (κ3) is 4.21. The van der Waals surface area contributed by atoms with Gasteiger partial charge in [-0.25, -0.2) is 14.8 Å². The van der Waals surface area contributed by atoms with Gasteiger partial charge < -0.3 is 10.1 Å². The molecule has 5 heteroatoms. The summed E-state index contributed by atoms with van der Waals surface area (Å²) in [6, 6.07) is 0.358. The second-order valence-electron chi connectivity index (χ2n) is 7.45. The molecule has 0 spiro atoms. The summed E-state index contributed by atoms with van der Waals surface area (Å²) in [5.41, 5.74) is 1.58. The van der Waals surface area contributed by atoms with E-state index in [0.29, 0.717) is 29.3 Å². The van der Waals surface area contributed by atoms with Gasteiger partial charge in [0, 0.05) is 6.04 Å². The van der Waals surface area contributed by atoms with Crippen LogP contribution in [0.1, 0.15) is 69.4 Å². The van der Waals surface area contributed by atoms with Gasteiger partial charge in [-0.1, -0.05) is 27.7 Å². The van der Waals surface area contributed by atoms with Crippen LogP contribution in [0.15, 0.2) is 6.33 Å². The highest BCUT2D eigenvalue weighted by Crippen LogP contribution is 2.38. The molecule has 23 heavy (non-hydrogen) atoms. The summed E-state index contributed by atoms with van der Waals surface area (Å²) in [7, 11) is 1.40. The topological polar surface area (TPSA) is 64.1 Å². The normalized spacial score (nSPS) is 21.8. The Morgan fingerprint density at radius 1 is 1.26 bits per heavy atom. The standard InChI is InChI=1S/C18H29N3O2/c1-6-14-15(17(22)23-5)16(20-11-19-14)21-13-9-7-12(8-10-13)18(2,3)4/h11-13H,6-10H2,1-5H3,(H,19,20,21). The highest BCUT2D eigenvalue weighted by molar-refractivity contribution is 5.95. The molecule has 2 rings (SSSR count). The van der Waals surface area contributed by atoms with E-state index < -0.39 is 0 Å². The predicted octanol–water partition coefficient (Wildman–Crippen LogP) is 3.84. The van der Waals surface area contributed by atoms with Crippen molar-refractivity contribution in [3.8, 4) is 0 Å². The van der Waals surface area contributed by atoms with Crippen LogP contribution in [-0.4, -0.2) is 29.1 Å². The molecule has 1 saturated carbocycles. The first-order valence-corrected chi connectivity index (χ1v) is 8.55. The summed E-state index contributed by atoms with van der Waals surface area (Å²) in [6.45, 7) is 8.93. The Balaban J connectivity index is 2.11. The van der Waals surface area contributed by atoms with Crippen LogP contribution in [0.4, 0.5) is 5.82 Å². The van der Waals surface area contributed by atoms with Gasteiger partial charge in [0.15, 0.2) is 0 Å². The van der Waals surface area contributed by atoms with E-state index in [9.17, 15) is 4.79 Å². The fraction of sp³-hybridized carbons (Fsp3) is 0.722. The van der Waals surface area contributed by atoms with Gasteiger partial charge in [0.05, 0.1) is 12.8 Å². The lowest BCUT2D eigenvalue weighted by atomic mass is 9.71. The molecule has 0 saturated heterocycles. The van der Waals surface area contributed by atoms with Crippen molar-refractivity contribution in [1.29, 1.82) is 0 Å². The van der Waals surface area contributed by atoms with Crippen molar-refractivity contribution in [2.45, 2.75) is 65.8 Å². The molecule has 0 bridgehead atoms. The Morgan fingerprint density at radius 2 is 1.91 bits per heavy atom. The highest BCUT2D eigenvalue weighted by Gasteiger charge is 2.30. The summed E-state index contributed by atoms with van der Waals surface area (Å²) in [5, 5.41) is 3.46. The third-order valence-electron chi connectivity index (χ3n) is 4.94. The quantitative estimate of drug-likeness (QED) is 0.854. The van der Waals surface area contributed by atoms with Gasteiger partial charge in [-0.15, -0.1) is 0 Å². The number of nitrogens with zero attached hydrogens (tertiary/aromatic N) is 2. The first-order chi connectivity index (χ1) is 10.9. The van der Waals surface area contributed by atoms with Crippen molar-refractivity contribution < 1.29 is 9.53 Å². The van der Waals surface area contributed by atoms with E-state index in [1.807, 2.05) is 6.92 Å². The molecule has 1 aliphatic rings. The van der Waals surface area contributed by atoms with Gasteiger partial charge in [0.2, 0.25) is 0 Å². The smallest absolute Gasteiger partial charge is 0.343 e. The number of hydrogen-bond donors (Lipinski definition) is 1. The lowest BCUT2D eigenvalue weighted by molar-refractivity contribution is 0.0599. The number of anilines is 1. The van der Waals surface area contributed by atoms with E-state index in [2.05, 4.69) is 36.1 Å². The molecular weight excluding hydrogens is 290 g/mol. The number of aryl methyl sites for hydroxylation is 1. The van der Waals surface area contributed by atoms with Crippen LogP contribution in [-0.2, 0) is 11.2 Å². The molecule has 5 nitrogen and oxygen atoms in total. The van der Waals surface area contributed by atoms with Crippen molar-refractivity contribution in [1.82, 2.24) is 9.97 Å². The number of hydrogen-bond acceptors (Lipinski definition) is 5. The summed E-state index contributed by atoms with van der Waals surface area (Å²) in [6.07, 6.45) is 6.83. The SMILES string of the molecule is CCc1ncnc(NC2CCC(C(C)(C)C)CC2)c1C(=O)OC. The van der Waals surface area contributed by atoms with Crippen molar-refractivity contribution in [3.63, 3.8) is 0 Å². The number of esters is 1. The van der Waals surface area contributed by atoms with Crippen LogP contribution in [0, 0.1) is 11.3 Å². The highest BCUT2D eigenvalue weighted by atomic mass is 16.5. The maximum absolute atomic E-state index is 12.1. The Kier molecular flexibility index (Phi) is 5.60. The molecule has 1 heterocycles. The summed E-state index contributed by atoms with van der Waals surface area (Å²) >= 11 is 0. The van der Waals surface area contributed by atoms with Gasteiger partial charge in [-0.05, 0) is 43.4 Å². The average molecular weight is 319 g/mol. The summed E-state index contributed by atoms with van der Waals surface area (Å²) in [5.74, 6) is 1.01. The van der Waals surface area contributed by atoms with Crippen LogP contribution in [0.5, 0.6) is 0 Å². The minimum atomic E-state index is -0.367. The Morgan fingerprint density at radius 3 is 2.43 bits per heavy atom. The number of ether oxygens (including phenoxy) is 1. The number of methoxy groups -OCH3 is 1. The minimum absolute atomic E-state index is 0.358. The van der Waals surface area contributed by atoms with Crippen molar-refractivity contribution in [2.75, 3.05) is 12.4 Å². The molecule has 1 aromatic heterocycles. The monoisotopic (exact) mass is 319 g/mol. The molecule has 0 aliphatic heterocycles. The minimum Gasteiger partial charge on any atom is -0.465 e. The van der Waals surface area contributed by atoms with Crippen molar-refractivity contribution in [3.05, 3.63) is 17.6 Å². The molecule has 1 fully saturated rings. The van der Waals surface area contributed by atoms with Crippen LogP contribution in [0.3, 0.4) is 0 Å². The molecule has 0 amide bonds. The van der Waals surface area contributed by atoms with Crippen LogP contribution >= 0.6 is 0 Å². The number of carbonyl (C=O) groups is 1. The molecule has 1 aliphatic carbocycles. The zero-order chi connectivity index (χ0) is 17.0. The Hall–Kier alpha value is -1.65. The number of carbonyl (C=O) groups excluding carboxylic acids is 1. The predicted molar refractivity (Wildman–Crippen MR) is 91.6 cm³/mol. The van der Waals surface area contributed by atoms with Crippen molar-refractivity contribution >= 4 is 11.8 Å². The maximum Gasteiger partial charge on any atom is 0.343 e. The van der Waals surface area contributed by atoms with Gasteiger partial charge in [-0.2, -0.15) is 0 Å². The van der Waals surface area contributed by atoms with E-state index in [-0.39, 0.29) is 5.97 Å². The van der Waals surface area contributed by atoms with Gasteiger partial charge in [0.1, 0.15) is 17.7 Å². The fourth-order valence-electron chi connectivity index (χ4n) is 3.41. The van der Waals surface area contributed by atoms with E-state index in [1.165, 1.54) is 26.3 Å². The lowest BCUT2D eigenvalue weighted by Gasteiger charge is -2.37.